The highest BCUT2D eigenvalue weighted by Crippen LogP contribution is 2.30. The van der Waals surface area contributed by atoms with E-state index in [2.05, 4.69) is 40.6 Å². The number of nitrogens with zero attached hydrogens (tertiary/aromatic N) is 1. The van der Waals surface area contributed by atoms with Crippen molar-refractivity contribution in [1.29, 1.82) is 0 Å². The molecule has 1 aromatic heterocycles. The van der Waals surface area contributed by atoms with Crippen LogP contribution in [0.1, 0.15) is 43.0 Å². The molecule has 4 rings (SSSR count). The average molecular weight is 414 g/mol. The van der Waals surface area contributed by atoms with Gasteiger partial charge in [0, 0.05) is 12.1 Å². The third-order valence-electron chi connectivity index (χ3n) is 6.40. The number of carbonyl (C=O) groups is 1. The van der Waals surface area contributed by atoms with Gasteiger partial charge in [-0.25, -0.2) is 0 Å². The van der Waals surface area contributed by atoms with Crippen LogP contribution in [0.25, 0.3) is 11.1 Å². The fourth-order valence-electron chi connectivity index (χ4n) is 4.48. The Hall–Kier alpha value is -2.98. The second-order valence-electron chi connectivity index (χ2n) is 8.54. The highest BCUT2D eigenvalue weighted by Gasteiger charge is 2.28. The van der Waals surface area contributed by atoms with Crippen molar-refractivity contribution in [3.63, 3.8) is 0 Å². The van der Waals surface area contributed by atoms with Gasteiger partial charge in [0.25, 0.3) is 0 Å². The van der Waals surface area contributed by atoms with E-state index in [1.165, 1.54) is 5.56 Å². The summed E-state index contributed by atoms with van der Waals surface area (Å²) in [5.74, 6) is 0.773. The van der Waals surface area contributed by atoms with Crippen LogP contribution in [0.5, 0.6) is 0 Å². The van der Waals surface area contributed by atoms with Gasteiger partial charge in [0.2, 0.25) is 5.91 Å². The molecule has 3 aromatic rings. The number of nitrogens with two attached hydrogens (primary N) is 1. The molecule has 0 saturated heterocycles. The van der Waals surface area contributed by atoms with Gasteiger partial charge in [0.05, 0.1) is 11.7 Å². The number of hydrogen-bond acceptors (Lipinski definition) is 3. The molecule has 31 heavy (non-hydrogen) atoms. The second kappa shape index (κ2) is 10.4. The van der Waals surface area contributed by atoms with E-state index in [1.807, 2.05) is 48.7 Å². The maximum Gasteiger partial charge on any atom is 0.223 e. The minimum atomic E-state index is -0.161. The largest absolute Gasteiger partial charge is 0.347 e. The van der Waals surface area contributed by atoms with E-state index in [1.54, 1.807) is 0 Å². The van der Waals surface area contributed by atoms with Crippen molar-refractivity contribution in [3.8, 4) is 11.1 Å². The molecule has 1 atom stereocenters. The minimum Gasteiger partial charge on any atom is -0.347 e. The van der Waals surface area contributed by atoms with Crippen molar-refractivity contribution in [3.05, 3.63) is 90.3 Å². The normalized spacial score (nSPS) is 19.5. The smallest absolute Gasteiger partial charge is 0.223 e. The molecule has 1 aliphatic carbocycles. The van der Waals surface area contributed by atoms with Gasteiger partial charge >= 0.3 is 0 Å². The lowest BCUT2D eigenvalue weighted by molar-refractivity contribution is -0.127. The van der Waals surface area contributed by atoms with Crippen molar-refractivity contribution in [2.24, 2.45) is 17.6 Å². The Morgan fingerprint density at radius 1 is 0.935 bits per heavy atom. The summed E-state index contributed by atoms with van der Waals surface area (Å²) in [5.41, 5.74) is 10.2. The maximum absolute atomic E-state index is 13.2. The lowest BCUT2D eigenvalue weighted by Gasteiger charge is -2.28. The summed E-state index contributed by atoms with van der Waals surface area (Å²) >= 11 is 0. The van der Waals surface area contributed by atoms with Crippen LogP contribution in [-0.2, 0) is 11.2 Å². The van der Waals surface area contributed by atoms with E-state index in [9.17, 15) is 4.79 Å². The number of carbonyl (C=O) groups excluding carboxylic acids is 1. The number of nitrogens with one attached hydrogen (secondary N) is 1. The Morgan fingerprint density at radius 2 is 1.61 bits per heavy atom. The van der Waals surface area contributed by atoms with Crippen molar-refractivity contribution in [2.45, 2.75) is 38.1 Å². The molecule has 4 heteroatoms. The van der Waals surface area contributed by atoms with Gasteiger partial charge in [-0.05, 0) is 73.4 Å². The molecular weight excluding hydrogens is 382 g/mol. The maximum atomic E-state index is 13.2. The van der Waals surface area contributed by atoms with E-state index in [4.69, 9.17) is 5.73 Å². The van der Waals surface area contributed by atoms with Gasteiger partial charge < -0.3 is 11.1 Å². The summed E-state index contributed by atoms with van der Waals surface area (Å²) in [6, 6.07) is 24.6. The summed E-state index contributed by atoms with van der Waals surface area (Å²) in [7, 11) is 0. The molecule has 4 nitrogen and oxygen atoms in total. The first-order valence-corrected chi connectivity index (χ1v) is 11.3. The van der Waals surface area contributed by atoms with Gasteiger partial charge in [-0.2, -0.15) is 0 Å². The molecular formula is C27H31N3O. The average Bonchev–Trinajstić information content (AvgIpc) is 2.85. The third-order valence-corrected chi connectivity index (χ3v) is 6.40. The summed E-state index contributed by atoms with van der Waals surface area (Å²) < 4.78 is 0. The molecule has 1 unspecified atom stereocenters. The first kappa shape index (κ1) is 21.3. The van der Waals surface area contributed by atoms with E-state index in [0.29, 0.717) is 5.92 Å². The Morgan fingerprint density at radius 3 is 2.29 bits per heavy atom. The number of hydrogen-bond donors (Lipinski definition) is 2. The van der Waals surface area contributed by atoms with E-state index >= 15 is 0 Å². The second-order valence-corrected chi connectivity index (χ2v) is 8.54. The molecule has 0 bridgehead atoms. The summed E-state index contributed by atoms with van der Waals surface area (Å²) in [6.07, 6.45) is 6.48. The molecule has 0 aliphatic heterocycles. The number of rotatable bonds is 7. The molecule has 2 aromatic carbocycles. The zero-order chi connectivity index (χ0) is 21.5. The molecule has 1 amide bonds. The van der Waals surface area contributed by atoms with E-state index in [-0.39, 0.29) is 17.9 Å². The predicted octanol–water partition coefficient (Wildman–Crippen LogP) is 4.91. The zero-order valence-electron chi connectivity index (χ0n) is 17.9. The van der Waals surface area contributed by atoms with Gasteiger partial charge in [-0.1, -0.05) is 60.7 Å². The topological polar surface area (TPSA) is 68.0 Å². The first-order chi connectivity index (χ1) is 15.2. The Balaban J connectivity index is 1.55. The number of pyridine rings is 1. The van der Waals surface area contributed by atoms with Crippen molar-refractivity contribution in [1.82, 2.24) is 10.3 Å². The van der Waals surface area contributed by atoms with E-state index < -0.39 is 0 Å². The summed E-state index contributed by atoms with van der Waals surface area (Å²) in [6.45, 7) is 0.723. The standard InChI is InChI=1S/C27H31N3O/c28-19-21-11-13-23(14-12-21)27(31)30-26(17-20-7-3-1-4-8-20)25-18-24(15-16-29-25)22-9-5-2-6-10-22/h1-10,15-16,18,21,23,26H,11-14,17,19,28H2,(H,30,31)/t21-,23-,26?. The molecule has 1 heterocycles. The van der Waals surface area contributed by atoms with Crippen LogP contribution in [-0.4, -0.2) is 17.4 Å². The lowest BCUT2D eigenvalue weighted by Crippen LogP contribution is -2.37. The van der Waals surface area contributed by atoms with Crippen LogP contribution in [0.15, 0.2) is 79.0 Å². The molecule has 1 fully saturated rings. The molecule has 1 aliphatic rings. The number of aromatic nitrogens is 1. The highest BCUT2D eigenvalue weighted by atomic mass is 16.1. The van der Waals surface area contributed by atoms with Crippen LogP contribution in [0, 0.1) is 11.8 Å². The fourth-order valence-corrected chi connectivity index (χ4v) is 4.48. The van der Waals surface area contributed by atoms with Gasteiger partial charge in [-0.15, -0.1) is 0 Å². The first-order valence-electron chi connectivity index (χ1n) is 11.3. The van der Waals surface area contributed by atoms with Crippen molar-refractivity contribution >= 4 is 5.91 Å². The third kappa shape index (κ3) is 5.59. The van der Waals surface area contributed by atoms with Crippen LogP contribution in [0.4, 0.5) is 0 Å². The SMILES string of the molecule is NC[C@H]1CC[C@H](C(=O)NC(Cc2ccccc2)c2cc(-c3ccccc3)ccn2)CC1. The van der Waals surface area contributed by atoms with Crippen molar-refractivity contribution < 1.29 is 4.79 Å². The zero-order valence-corrected chi connectivity index (χ0v) is 17.9. The summed E-state index contributed by atoms with van der Waals surface area (Å²) in [5, 5.41) is 3.33. The molecule has 0 radical (unpaired) electrons. The van der Waals surface area contributed by atoms with Crippen LogP contribution in [0.3, 0.4) is 0 Å². The predicted molar refractivity (Wildman–Crippen MR) is 125 cm³/mol. The van der Waals surface area contributed by atoms with Crippen LogP contribution >= 0.6 is 0 Å². The molecule has 160 valence electrons. The van der Waals surface area contributed by atoms with Crippen molar-refractivity contribution in [2.75, 3.05) is 6.54 Å². The quantitative estimate of drug-likeness (QED) is 0.578. The van der Waals surface area contributed by atoms with E-state index in [0.717, 1.165) is 55.5 Å². The fraction of sp³-hybridized carbons (Fsp3) is 0.333. The Kier molecular flexibility index (Phi) is 7.11. The number of benzene rings is 2. The van der Waals surface area contributed by atoms with Crippen LogP contribution in [0.2, 0.25) is 0 Å². The Bertz CT molecular complexity index is 966. The van der Waals surface area contributed by atoms with Crippen LogP contribution < -0.4 is 11.1 Å². The highest BCUT2D eigenvalue weighted by molar-refractivity contribution is 5.79. The van der Waals surface area contributed by atoms with Gasteiger partial charge in [0.1, 0.15) is 0 Å². The molecule has 1 saturated carbocycles. The molecule has 0 spiro atoms. The van der Waals surface area contributed by atoms with Gasteiger partial charge in [0.15, 0.2) is 0 Å². The monoisotopic (exact) mass is 413 g/mol. The summed E-state index contributed by atoms with van der Waals surface area (Å²) in [4.78, 5) is 17.8. The Labute approximate surface area is 184 Å². The molecule has 3 N–H and O–H groups in total. The number of amides is 1. The minimum absolute atomic E-state index is 0.0679. The van der Waals surface area contributed by atoms with Gasteiger partial charge in [-0.3, -0.25) is 9.78 Å². The lowest BCUT2D eigenvalue weighted by atomic mass is 9.81.